The summed E-state index contributed by atoms with van der Waals surface area (Å²) in [5.41, 5.74) is 1.37. The Kier molecular flexibility index (Phi) is 5.15. The van der Waals surface area contributed by atoms with Crippen molar-refractivity contribution in [1.82, 2.24) is 14.9 Å². The quantitative estimate of drug-likeness (QED) is 0.855. The molecule has 2 heterocycles. The van der Waals surface area contributed by atoms with E-state index < -0.39 is 0 Å². The highest BCUT2D eigenvalue weighted by Crippen LogP contribution is 2.18. The molecule has 1 amide bonds. The smallest absolute Gasteiger partial charge is 0.272 e. The first-order valence-electron chi connectivity index (χ1n) is 7.95. The van der Waals surface area contributed by atoms with E-state index in [0.717, 1.165) is 38.3 Å². The van der Waals surface area contributed by atoms with Crippen LogP contribution in [-0.4, -0.2) is 47.0 Å². The van der Waals surface area contributed by atoms with Crippen LogP contribution in [0, 0.1) is 12.8 Å². The lowest BCUT2D eigenvalue weighted by Crippen LogP contribution is -2.39. The first-order chi connectivity index (χ1) is 10.0. The molecule has 1 fully saturated rings. The summed E-state index contributed by atoms with van der Waals surface area (Å²) in [6.45, 7) is 11.6. The third-order valence-electron chi connectivity index (χ3n) is 4.05. The maximum absolute atomic E-state index is 12.7. The van der Waals surface area contributed by atoms with Crippen LogP contribution in [0.5, 0.6) is 0 Å². The largest absolute Gasteiger partial charge is 0.341 e. The maximum atomic E-state index is 12.7. The minimum Gasteiger partial charge on any atom is -0.341 e. The topological polar surface area (TPSA) is 49.3 Å². The molecule has 116 valence electrons. The maximum Gasteiger partial charge on any atom is 0.272 e. The molecule has 1 aliphatic heterocycles. The number of amides is 1. The highest BCUT2D eigenvalue weighted by atomic mass is 16.2. The second-order valence-corrected chi connectivity index (χ2v) is 5.87. The molecule has 1 atom stereocenters. The number of hydrogen-bond donors (Lipinski definition) is 0. The minimum atomic E-state index is 0.0421. The van der Waals surface area contributed by atoms with Crippen LogP contribution in [0.15, 0.2) is 6.07 Å². The number of likely N-dealkylation sites (tertiary alicyclic amines) is 1. The molecule has 0 spiro atoms. The zero-order valence-corrected chi connectivity index (χ0v) is 13.6. The van der Waals surface area contributed by atoms with Gasteiger partial charge >= 0.3 is 0 Å². The van der Waals surface area contributed by atoms with Crippen LogP contribution in [0.2, 0.25) is 0 Å². The summed E-state index contributed by atoms with van der Waals surface area (Å²) in [5, 5.41) is 0. The van der Waals surface area contributed by atoms with Crippen LogP contribution < -0.4 is 4.90 Å². The number of carbonyl (C=O) groups is 1. The highest BCUT2D eigenvalue weighted by Gasteiger charge is 2.24. The number of rotatable bonds is 4. The second kappa shape index (κ2) is 6.87. The average Bonchev–Trinajstić information content (AvgIpc) is 2.47. The van der Waals surface area contributed by atoms with Crippen LogP contribution >= 0.6 is 0 Å². The molecule has 1 aromatic heterocycles. The Bertz CT molecular complexity index is 499. The Balaban J connectivity index is 2.24. The summed E-state index contributed by atoms with van der Waals surface area (Å²) in [6, 6.07) is 1.80. The van der Waals surface area contributed by atoms with Gasteiger partial charge in [0.05, 0.1) is 0 Å². The lowest BCUT2D eigenvalue weighted by molar-refractivity contribution is 0.0677. The van der Waals surface area contributed by atoms with Crippen molar-refractivity contribution in [2.45, 2.75) is 40.5 Å². The van der Waals surface area contributed by atoms with Crippen molar-refractivity contribution in [3.05, 3.63) is 17.5 Å². The van der Waals surface area contributed by atoms with Gasteiger partial charge in [-0.1, -0.05) is 6.92 Å². The molecule has 0 radical (unpaired) electrons. The molecule has 21 heavy (non-hydrogen) atoms. The van der Waals surface area contributed by atoms with Gasteiger partial charge in [0.1, 0.15) is 5.69 Å². The fraction of sp³-hybridized carbons (Fsp3) is 0.688. The molecule has 5 nitrogen and oxygen atoms in total. The fourth-order valence-corrected chi connectivity index (χ4v) is 2.85. The van der Waals surface area contributed by atoms with E-state index in [4.69, 9.17) is 0 Å². The van der Waals surface area contributed by atoms with Gasteiger partial charge in [-0.05, 0) is 45.6 Å². The Morgan fingerprint density at radius 1 is 1.38 bits per heavy atom. The van der Waals surface area contributed by atoms with E-state index in [1.165, 1.54) is 6.42 Å². The fourth-order valence-electron chi connectivity index (χ4n) is 2.85. The van der Waals surface area contributed by atoms with Crippen LogP contribution in [0.1, 0.15) is 49.8 Å². The predicted molar refractivity (Wildman–Crippen MR) is 84.6 cm³/mol. The number of carbonyl (C=O) groups excluding carboxylic acids is 1. The molecule has 0 aliphatic carbocycles. The molecule has 2 rings (SSSR count). The van der Waals surface area contributed by atoms with E-state index in [-0.39, 0.29) is 5.91 Å². The van der Waals surface area contributed by atoms with E-state index in [9.17, 15) is 4.79 Å². The third kappa shape index (κ3) is 3.71. The van der Waals surface area contributed by atoms with E-state index in [1.54, 1.807) is 6.07 Å². The molecular weight excluding hydrogens is 264 g/mol. The number of aryl methyl sites for hydroxylation is 1. The van der Waals surface area contributed by atoms with Crippen molar-refractivity contribution in [2.24, 2.45) is 5.92 Å². The summed E-state index contributed by atoms with van der Waals surface area (Å²) in [6.07, 6.45) is 2.29. The van der Waals surface area contributed by atoms with Crippen LogP contribution in [-0.2, 0) is 0 Å². The summed E-state index contributed by atoms with van der Waals surface area (Å²) in [5.74, 6) is 1.28. The standard InChI is InChI=1S/C16H26N4O/c1-5-19(6-2)16-17-13(4)10-14(18-16)15(21)20-9-7-8-12(3)11-20/h10,12H,5-9,11H2,1-4H3/t12-/m0/s1. The Morgan fingerprint density at radius 2 is 2.10 bits per heavy atom. The summed E-state index contributed by atoms with van der Waals surface area (Å²) >= 11 is 0. The average molecular weight is 290 g/mol. The van der Waals surface area contributed by atoms with Gasteiger partial charge in [0, 0.05) is 31.9 Å². The van der Waals surface area contributed by atoms with Crippen LogP contribution in [0.25, 0.3) is 0 Å². The SMILES string of the molecule is CCN(CC)c1nc(C)cc(C(=O)N2CCC[C@H](C)C2)n1. The molecule has 0 bridgehead atoms. The van der Waals surface area contributed by atoms with Gasteiger partial charge in [0.2, 0.25) is 5.95 Å². The lowest BCUT2D eigenvalue weighted by Gasteiger charge is -2.31. The summed E-state index contributed by atoms with van der Waals surface area (Å²) in [4.78, 5) is 25.6. The molecular formula is C16H26N4O. The summed E-state index contributed by atoms with van der Waals surface area (Å²) in [7, 11) is 0. The van der Waals surface area contributed by atoms with Gasteiger partial charge in [0.25, 0.3) is 5.91 Å². The Hall–Kier alpha value is -1.65. The zero-order valence-electron chi connectivity index (χ0n) is 13.6. The monoisotopic (exact) mass is 290 g/mol. The van der Waals surface area contributed by atoms with Crippen LogP contribution in [0.3, 0.4) is 0 Å². The van der Waals surface area contributed by atoms with Crippen molar-refractivity contribution >= 4 is 11.9 Å². The van der Waals surface area contributed by atoms with E-state index in [1.807, 2.05) is 11.8 Å². The van der Waals surface area contributed by atoms with Crippen molar-refractivity contribution in [2.75, 3.05) is 31.1 Å². The van der Waals surface area contributed by atoms with Crippen molar-refractivity contribution in [1.29, 1.82) is 0 Å². The molecule has 5 heteroatoms. The van der Waals surface area contributed by atoms with Gasteiger partial charge in [0.15, 0.2) is 0 Å². The molecule has 0 aromatic carbocycles. The second-order valence-electron chi connectivity index (χ2n) is 5.87. The first-order valence-corrected chi connectivity index (χ1v) is 7.95. The molecule has 1 aliphatic rings. The van der Waals surface area contributed by atoms with Crippen molar-refractivity contribution in [3.8, 4) is 0 Å². The number of anilines is 1. The zero-order chi connectivity index (χ0) is 15.4. The summed E-state index contributed by atoms with van der Waals surface area (Å²) < 4.78 is 0. The molecule has 1 saturated heterocycles. The Labute approximate surface area is 127 Å². The number of piperidine rings is 1. The number of aromatic nitrogens is 2. The van der Waals surface area contributed by atoms with Crippen molar-refractivity contribution < 1.29 is 4.79 Å². The molecule has 0 N–H and O–H groups in total. The van der Waals surface area contributed by atoms with Crippen molar-refractivity contribution in [3.63, 3.8) is 0 Å². The van der Waals surface area contributed by atoms with E-state index in [2.05, 4.69) is 35.6 Å². The number of hydrogen-bond acceptors (Lipinski definition) is 4. The highest BCUT2D eigenvalue weighted by molar-refractivity contribution is 5.92. The third-order valence-corrected chi connectivity index (χ3v) is 4.05. The minimum absolute atomic E-state index is 0.0421. The van der Waals surface area contributed by atoms with Gasteiger partial charge in [-0.25, -0.2) is 9.97 Å². The lowest BCUT2D eigenvalue weighted by atomic mass is 10.00. The van der Waals surface area contributed by atoms with E-state index in [0.29, 0.717) is 17.6 Å². The van der Waals surface area contributed by atoms with Gasteiger partial charge in [-0.15, -0.1) is 0 Å². The molecule has 1 aromatic rings. The van der Waals surface area contributed by atoms with Gasteiger partial charge < -0.3 is 9.80 Å². The van der Waals surface area contributed by atoms with E-state index >= 15 is 0 Å². The predicted octanol–water partition coefficient (Wildman–Crippen LogP) is 2.50. The normalized spacial score (nSPS) is 18.7. The Morgan fingerprint density at radius 3 is 2.71 bits per heavy atom. The van der Waals surface area contributed by atoms with Gasteiger partial charge in [-0.3, -0.25) is 4.79 Å². The molecule has 0 saturated carbocycles. The molecule has 0 unspecified atom stereocenters. The first kappa shape index (κ1) is 15.7. The van der Waals surface area contributed by atoms with Gasteiger partial charge in [-0.2, -0.15) is 0 Å². The number of nitrogens with zero attached hydrogens (tertiary/aromatic N) is 4. The van der Waals surface area contributed by atoms with Crippen LogP contribution in [0.4, 0.5) is 5.95 Å².